The van der Waals surface area contributed by atoms with Crippen LogP contribution in [0.25, 0.3) is 0 Å². The summed E-state index contributed by atoms with van der Waals surface area (Å²) >= 11 is 7.74. The van der Waals surface area contributed by atoms with Crippen molar-refractivity contribution in [1.82, 2.24) is 4.90 Å². The first-order chi connectivity index (χ1) is 11.2. The summed E-state index contributed by atoms with van der Waals surface area (Å²) in [4.78, 5) is 17.6. The zero-order valence-electron chi connectivity index (χ0n) is 13.0. The monoisotopic (exact) mass is 350 g/mol. The van der Waals surface area contributed by atoms with Gasteiger partial charge in [0.15, 0.2) is 0 Å². The molecule has 1 aromatic carbocycles. The van der Waals surface area contributed by atoms with Crippen molar-refractivity contribution in [3.05, 3.63) is 45.6 Å². The fraction of sp³-hybridized carbons (Fsp3) is 0.353. The number of halogens is 1. The van der Waals surface area contributed by atoms with E-state index >= 15 is 0 Å². The molecule has 1 aromatic heterocycles. The van der Waals surface area contributed by atoms with Crippen molar-refractivity contribution in [3.63, 3.8) is 0 Å². The number of carbonyl (C=O) groups is 1. The molecule has 0 aliphatic carbocycles. The number of carbonyl (C=O) groups excluding carboxylic acids is 1. The minimum absolute atomic E-state index is 0.199. The van der Waals surface area contributed by atoms with Gasteiger partial charge < -0.3 is 14.5 Å². The summed E-state index contributed by atoms with van der Waals surface area (Å²) in [6.45, 7) is 3.01. The van der Waals surface area contributed by atoms with Gasteiger partial charge in [0.2, 0.25) is 5.91 Å². The van der Waals surface area contributed by atoms with E-state index in [2.05, 4.69) is 4.90 Å². The molecule has 6 heteroatoms. The number of hydrogen-bond donors (Lipinski definition) is 0. The summed E-state index contributed by atoms with van der Waals surface area (Å²) in [5.41, 5.74) is 0.991. The second kappa shape index (κ2) is 7.23. The van der Waals surface area contributed by atoms with Gasteiger partial charge in [0.25, 0.3) is 0 Å². The molecule has 1 amide bonds. The van der Waals surface area contributed by atoms with Gasteiger partial charge in [0, 0.05) is 36.1 Å². The highest BCUT2D eigenvalue weighted by Crippen LogP contribution is 2.31. The predicted molar refractivity (Wildman–Crippen MR) is 94.8 cm³/mol. The highest BCUT2D eigenvalue weighted by Gasteiger charge is 2.23. The van der Waals surface area contributed by atoms with Crippen molar-refractivity contribution >= 4 is 34.5 Å². The van der Waals surface area contributed by atoms with Crippen LogP contribution in [-0.4, -0.2) is 44.1 Å². The van der Waals surface area contributed by atoms with Crippen LogP contribution in [-0.2, 0) is 11.2 Å². The molecule has 2 heterocycles. The summed E-state index contributed by atoms with van der Waals surface area (Å²) in [6, 6.07) is 9.62. The molecule has 4 nitrogen and oxygen atoms in total. The van der Waals surface area contributed by atoms with Crippen molar-refractivity contribution in [3.8, 4) is 5.75 Å². The molecule has 122 valence electrons. The van der Waals surface area contributed by atoms with Crippen LogP contribution in [0.4, 0.5) is 5.69 Å². The number of ether oxygens (including phenoxy) is 1. The minimum atomic E-state index is 0.199. The number of anilines is 1. The Bertz CT molecular complexity index is 667. The normalized spacial score (nSPS) is 14.9. The lowest BCUT2D eigenvalue weighted by atomic mass is 10.2. The first kappa shape index (κ1) is 16.1. The van der Waals surface area contributed by atoms with Crippen LogP contribution >= 0.6 is 22.9 Å². The first-order valence-corrected chi connectivity index (χ1v) is 8.82. The molecule has 0 N–H and O–H groups in total. The van der Waals surface area contributed by atoms with Crippen LogP contribution in [0.1, 0.15) is 4.88 Å². The van der Waals surface area contributed by atoms with Crippen LogP contribution in [0, 0.1) is 0 Å². The maximum atomic E-state index is 12.4. The Balaban J connectivity index is 1.62. The SMILES string of the molecule is COc1ccc(Cl)cc1N1CCN(C(=O)Cc2cccs2)CC1. The fourth-order valence-corrected chi connectivity index (χ4v) is 3.64. The van der Waals surface area contributed by atoms with E-state index in [1.807, 2.05) is 40.6 Å². The van der Waals surface area contributed by atoms with Gasteiger partial charge in [-0.2, -0.15) is 0 Å². The Labute approximate surface area is 145 Å². The van der Waals surface area contributed by atoms with Crippen molar-refractivity contribution in [1.29, 1.82) is 0 Å². The summed E-state index contributed by atoms with van der Waals surface area (Å²) in [7, 11) is 1.66. The molecular weight excluding hydrogens is 332 g/mol. The molecule has 0 radical (unpaired) electrons. The molecule has 0 bridgehead atoms. The summed E-state index contributed by atoms with van der Waals surface area (Å²) in [5.74, 6) is 1.01. The van der Waals surface area contributed by atoms with E-state index in [9.17, 15) is 4.79 Å². The number of hydrogen-bond acceptors (Lipinski definition) is 4. The number of piperazine rings is 1. The first-order valence-electron chi connectivity index (χ1n) is 7.56. The Morgan fingerprint density at radius 2 is 2.04 bits per heavy atom. The third kappa shape index (κ3) is 3.79. The van der Waals surface area contributed by atoms with Gasteiger partial charge in [-0.15, -0.1) is 11.3 Å². The highest BCUT2D eigenvalue weighted by molar-refractivity contribution is 7.10. The van der Waals surface area contributed by atoms with E-state index in [0.29, 0.717) is 11.4 Å². The second-order valence-electron chi connectivity index (χ2n) is 5.44. The molecule has 0 atom stereocenters. The quantitative estimate of drug-likeness (QED) is 0.848. The van der Waals surface area contributed by atoms with Gasteiger partial charge in [-0.3, -0.25) is 4.79 Å². The van der Waals surface area contributed by atoms with Crippen LogP contribution in [0.15, 0.2) is 35.7 Å². The van der Waals surface area contributed by atoms with Crippen molar-refractivity contribution in [2.75, 3.05) is 38.2 Å². The van der Waals surface area contributed by atoms with Crippen molar-refractivity contribution in [2.24, 2.45) is 0 Å². The number of thiophene rings is 1. The van der Waals surface area contributed by atoms with Crippen LogP contribution in [0.3, 0.4) is 0 Å². The van der Waals surface area contributed by atoms with E-state index in [1.54, 1.807) is 18.4 Å². The average Bonchev–Trinajstić information content (AvgIpc) is 3.08. The van der Waals surface area contributed by atoms with Gasteiger partial charge in [-0.1, -0.05) is 17.7 Å². The minimum Gasteiger partial charge on any atom is -0.495 e. The Kier molecular flexibility index (Phi) is 5.08. The van der Waals surface area contributed by atoms with Crippen LogP contribution < -0.4 is 9.64 Å². The maximum Gasteiger partial charge on any atom is 0.227 e. The zero-order valence-corrected chi connectivity index (χ0v) is 14.6. The average molecular weight is 351 g/mol. The summed E-state index contributed by atoms with van der Waals surface area (Å²) in [6.07, 6.45) is 0.498. The molecule has 0 unspecified atom stereocenters. The molecule has 1 fully saturated rings. The molecule has 1 aliphatic heterocycles. The van der Waals surface area contributed by atoms with E-state index in [1.165, 1.54) is 0 Å². The smallest absolute Gasteiger partial charge is 0.227 e. The van der Waals surface area contributed by atoms with Gasteiger partial charge in [-0.05, 0) is 29.6 Å². The Morgan fingerprint density at radius 1 is 1.26 bits per heavy atom. The van der Waals surface area contributed by atoms with E-state index in [0.717, 1.165) is 42.5 Å². The molecular formula is C17H19ClN2O2S. The summed E-state index contributed by atoms with van der Waals surface area (Å²) < 4.78 is 5.42. The van der Waals surface area contributed by atoms with Gasteiger partial charge >= 0.3 is 0 Å². The molecule has 0 spiro atoms. The maximum absolute atomic E-state index is 12.4. The molecule has 1 saturated heterocycles. The van der Waals surface area contributed by atoms with Crippen molar-refractivity contribution < 1.29 is 9.53 Å². The number of nitrogens with zero attached hydrogens (tertiary/aromatic N) is 2. The number of benzene rings is 1. The third-order valence-corrected chi connectivity index (χ3v) is 5.13. The molecule has 0 saturated carbocycles. The second-order valence-corrected chi connectivity index (χ2v) is 6.91. The van der Waals surface area contributed by atoms with E-state index in [4.69, 9.17) is 16.3 Å². The van der Waals surface area contributed by atoms with Crippen LogP contribution in [0.5, 0.6) is 5.75 Å². The topological polar surface area (TPSA) is 32.8 Å². The lowest BCUT2D eigenvalue weighted by Crippen LogP contribution is -2.49. The summed E-state index contributed by atoms with van der Waals surface area (Å²) in [5, 5.41) is 2.70. The largest absolute Gasteiger partial charge is 0.495 e. The molecule has 2 aromatic rings. The number of amides is 1. The Hall–Kier alpha value is -1.72. The molecule has 3 rings (SSSR count). The van der Waals surface area contributed by atoms with Crippen molar-refractivity contribution in [2.45, 2.75) is 6.42 Å². The van der Waals surface area contributed by atoms with Crippen LogP contribution in [0.2, 0.25) is 5.02 Å². The van der Waals surface area contributed by atoms with Gasteiger partial charge in [-0.25, -0.2) is 0 Å². The molecule has 1 aliphatic rings. The third-order valence-electron chi connectivity index (χ3n) is 4.02. The Morgan fingerprint density at radius 3 is 2.70 bits per heavy atom. The molecule has 23 heavy (non-hydrogen) atoms. The van der Waals surface area contributed by atoms with E-state index in [-0.39, 0.29) is 5.91 Å². The van der Waals surface area contributed by atoms with Gasteiger partial charge in [0.05, 0.1) is 19.2 Å². The fourth-order valence-electron chi connectivity index (χ4n) is 2.78. The standard InChI is InChI=1S/C17H19ClN2O2S/c1-22-16-5-4-13(18)11-15(16)19-6-8-20(9-7-19)17(21)12-14-3-2-10-23-14/h2-5,10-11H,6-9,12H2,1H3. The lowest BCUT2D eigenvalue weighted by molar-refractivity contribution is -0.130. The van der Waals surface area contributed by atoms with Gasteiger partial charge in [0.1, 0.15) is 5.75 Å². The zero-order chi connectivity index (χ0) is 16.2. The predicted octanol–water partition coefficient (Wildman–Crippen LogP) is 3.30. The number of rotatable bonds is 4. The van der Waals surface area contributed by atoms with E-state index < -0.39 is 0 Å². The highest BCUT2D eigenvalue weighted by atomic mass is 35.5. The number of methoxy groups -OCH3 is 1. The lowest BCUT2D eigenvalue weighted by Gasteiger charge is -2.36.